The Morgan fingerprint density at radius 3 is 2.08 bits per heavy atom. The smallest absolute Gasteiger partial charge is 0.249 e. The molecule has 1 aliphatic carbocycles. The molecule has 1 atom stereocenters. The summed E-state index contributed by atoms with van der Waals surface area (Å²) in [7, 11) is 0. The number of rotatable bonds is 13. The zero-order valence-corrected chi connectivity index (χ0v) is 30.4. The van der Waals surface area contributed by atoms with E-state index in [1.807, 2.05) is 65.8 Å². The molecule has 1 amide bonds. The SMILES string of the molecule is Cc1nc(C)c(COc2ccc(CC(O)C(=O)NCCNc3c4c(nc5ccccc35)CCCC4)cc2OCc2nc(C)c(C)nc2C)nc1C. The van der Waals surface area contributed by atoms with Crippen molar-refractivity contribution in [3.63, 3.8) is 0 Å². The molecular formula is C40H47N7O4. The molecule has 51 heavy (non-hydrogen) atoms. The van der Waals surface area contributed by atoms with Crippen molar-refractivity contribution in [1.82, 2.24) is 30.2 Å². The largest absolute Gasteiger partial charge is 0.483 e. The molecule has 0 spiro atoms. The van der Waals surface area contributed by atoms with E-state index in [0.29, 0.717) is 24.6 Å². The summed E-state index contributed by atoms with van der Waals surface area (Å²) in [6.45, 7) is 12.8. The average molecular weight is 690 g/mol. The topological polar surface area (TPSA) is 144 Å². The van der Waals surface area contributed by atoms with E-state index in [2.05, 4.69) is 36.6 Å². The van der Waals surface area contributed by atoms with Gasteiger partial charge in [0.15, 0.2) is 11.5 Å². The maximum absolute atomic E-state index is 13.0. The molecule has 0 radical (unpaired) electrons. The fraction of sp³-hybridized carbons (Fsp3) is 0.400. The number of aliphatic hydroxyl groups excluding tert-OH is 1. The van der Waals surface area contributed by atoms with Gasteiger partial charge in [-0.15, -0.1) is 0 Å². The molecule has 11 heteroatoms. The monoisotopic (exact) mass is 689 g/mol. The minimum Gasteiger partial charge on any atom is -0.483 e. The van der Waals surface area contributed by atoms with E-state index in [1.165, 1.54) is 5.56 Å². The van der Waals surface area contributed by atoms with Crippen LogP contribution in [0.25, 0.3) is 10.9 Å². The Balaban J connectivity index is 1.11. The molecule has 3 aromatic heterocycles. The van der Waals surface area contributed by atoms with Gasteiger partial charge in [0.25, 0.3) is 0 Å². The number of nitrogens with zero attached hydrogens (tertiary/aromatic N) is 5. The standard InChI is InChI=1S/C40H47N7O4/c1-23-25(3)45-34(27(5)43-23)21-50-37-16-15-29(20-38(37)51-22-35-28(6)44-24(2)26(4)46-35)19-36(48)40(49)42-18-17-41-39-30-11-7-9-13-32(30)47-33-14-10-8-12-31(33)39/h7,9,11,13,15-16,20,36,48H,8,10,12,14,17-19,21-22H2,1-6H3,(H,41,47)(H,42,49). The Bertz CT molecular complexity index is 2070. The number of nitrogens with one attached hydrogen (secondary N) is 2. The number of fused-ring (bicyclic) bond motifs is 2. The number of benzene rings is 2. The third-order valence-corrected chi connectivity index (χ3v) is 9.52. The number of hydrogen-bond donors (Lipinski definition) is 3. The van der Waals surface area contributed by atoms with Crippen molar-refractivity contribution >= 4 is 22.5 Å². The Morgan fingerprint density at radius 2 is 1.37 bits per heavy atom. The Kier molecular flexibility index (Phi) is 11.1. The molecule has 1 aliphatic rings. The molecular weight excluding hydrogens is 642 g/mol. The highest BCUT2D eigenvalue weighted by atomic mass is 16.5. The van der Waals surface area contributed by atoms with Gasteiger partial charge in [-0.3, -0.25) is 29.7 Å². The van der Waals surface area contributed by atoms with E-state index >= 15 is 0 Å². The molecule has 11 nitrogen and oxygen atoms in total. The summed E-state index contributed by atoms with van der Waals surface area (Å²) in [5.74, 6) is 0.528. The van der Waals surface area contributed by atoms with Crippen LogP contribution in [0.4, 0.5) is 5.69 Å². The van der Waals surface area contributed by atoms with Crippen LogP contribution in [0.5, 0.6) is 11.5 Å². The Labute approximate surface area is 299 Å². The Hall–Kier alpha value is -5.16. The van der Waals surface area contributed by atoms with Crippen LogP contribution < -0.4 is 20.1 Å². The number of ether oxygens (including phenoxy) is 2. The minimum absolute atomic E-state index is 0.0998. The van der Waals surface area contributed by atoms with Crippen LogP contribution in [0.3, 0.4) is 0 Å². The van der Waals surface area contributed by atoms with Crippen molar-refractivity contribution in [2.24, 2.45) is 0 Å². The molecule has 3 heterocycles. The van der Waals surface area contributed by atoms with Gasteiger partial charge in [0.05, 0.1) is 51.1 Å². The maximum atomic E-state index is 13.0. The summed E-state index contributed by atoms with van der Waals surface area (Å²) in [5.41, 5.74) is 11.7. The molecule has 6 rings (SSSR count). The molecule has 0 saturated carbocycles. The van der Waals surface area contributed by atoms with Crippen molar-refractivity contribution in [2.75, 3.05) is 18.4 Å². The maximum Gasteiger partial charge on any atom is 0.249 e. The number of amides is 1. The van der Waals surface area contributed by atoms with Crippen molar-refractivity contribution in [3.05, 3.63) is 105 Å². The van der Waals surface area contributed by atoms with Gasteiger partial charge in [0, 0.05) is 36.3 Å². The van der Waals surface area contributed by atoms with Crippen LogP contribution in [0.15, 0.2) is 42.5 Å². The summed E-state index contributed by atoms with van der Waals surface area (Å²) in [6.07, 6.45) is 3.12. The number of aryl methyl sites for hydroxylation is 7. The zero-order chi connectivity index (χ0) is 36.1. The lowest BCUT2D eigenvalue weighted by atomic mass is 9.92. The fourth-order valence-electron chi connectivity index (χ4n) is 6.38. The summed E-state index contributed by atoms with van der Waals surface area (Å²) in [6, 6.07) is 13.6. The van der Waals surface area contributed by atoms with Gasteiger partial charge in [0.2, 0.25) is 5.91 Å². The predicted octanol–water partition coefficient (Wildman–Crippen LogP) is 5.83. The Morgan fingerprint density at radius 1 is 0.745 bits per heavy atom. The highest BCUT2D eigenvalue weighted by Crippen LogP contribution is 2.33. The lowest BCUT2D eigenvalue weighted by Crippen LogP contribution is -2.38. The van der Waals surface area contributed by atoms with E-state index in [1.54, 1.807) is 12.1 Å². The number of anilines is 1. The highest BCUT2D eigenvalue weighted by Gasteiger charge is 2.20. The van der Waals surface area contributed by atoms with E-state index in [0.717, 1.165) is 99.1 Å². The zero-order valence-electron chi connectivity index (χ0n) is 30.4. The van der Waals surface area contributed by atoms with E-state index in [4.69, 9.17) is 14.5 Å². The molecule has 0 aliphatic heterocycles. The molecule has 2 aromatic carbocycles. The molecule has 0 bridgehead atoms. The number of pyridine rings is 1. The second kappa shape index (κ2) is 15.8. The highest BCUT2D eigenvalue weighted by molar-refractivity contribution is 5.93. The molecule has 5 aromatic rings. The van der Waals surface area contributed by atoms with Crippen LogP contribution in [0, 0.1) is 41.5 Å². The van der Waals surface area contributed by atoms with Crippen molar-refractivity contribution in [3.8, 4) is 11.5 Å². The quantitative estimate of drug-likeness (QED) is 0.129. The molecule has 1 unspecified atom stereocenters. The van der Waals surface area contributed by atoms with E-state index in [-0.39, 0.29) is 19.6 Å². The first-order chi connectivity index (χ1) is 24.6. The van der Waals surface area contributed by atoms with Crippen LogP contribution in [-0.2, 0) is 37.3 Å². The molecule has 0 saturated heterocycles. The third kappa shape index (κ3) is 8.42. The van der Waals surface area contributed by atoms with Crippen molar-refractivity contribution in [1.29, 1.82) is 0 Å². The van der Waals surface area contributed by atoms with Crippen molar-refractivity contribution in [2.45, 2.75) is 93.0 Å². The lowest BCUT2D eigenvalue weighted by Gasteiger charge is -2.22. The first-order valence-electron chi connectivity index (χ1n) is 17.7. The van der Waals surface area contributed by atoms with Crippen LogP contribution >= 0.6 is 0 Å². The van der Waals surface area contributed by atoms with Gasteiger partial charge >= 0.3 is 0 Å². The number of aromatic nitrogens is 5. The van der Waals surface area contributed by atoms with Gasteiger partial charge in [0.1, 0.15) is 19.3 Å². The van der Waals surface area contributed by atoms with Gasteiger partial charge in [-0.2, -0.15) is 0 Å². The minimum atomic E-state index is -1.25. The summed E-state index contributed by atoms with van der Waals surface area (Å²) in [4.78, 5) is 36.4. The summed E-state index contributed by atoms with van der Waals surface area (Å²) >= 11 is 0. The van der Waals surface area contributed by atoms with Crippen LogP contribution in [-0.4, -0.2) is 55.1 Å². The van der Waals surface area contributed by atoms with Crippen molar-refractivity contribution < 1.29 is 19.4 Å². The van der Waals surface area contributed by atoms with Gasteiger partial charge in [-0.05, 0) is 96.6 Å². The first-order valence-corrected chi connectivity index (χ1v) is 17.7. The van der Waals surface area contributed by atoms with Gasteiger partial charge < -0.3 is 25.2 Å². The number of para-hydroxylation sites is 1. The summed E-state index contributed by atoms with van der Waals surface area (Å²) in [5, 5.41) is 18.5. The molecule has 0 fully saturated rings. The fourth-order valence-corrected chi connectivity index (χ4v) is 6.38. The number of aliphatic hydroxyl groups is 1. The second-order valence-electron chi connectivity index (χ2n) is 13.3. The van der Waals surface area contributed by atoms with Crippen LogP contribution in [0.2, 0.25) is 0 Å². The number of carbonyl (C=O) groups is 1. The van der Waals surface area contributed by atoms with Gasteiger partial charge in [-0.1, -0.05) is 24.3 Å². The normalized spacial score (nSPS) is 13.1. The number of hydrogen-bond acceptors (Lipinski definition) is 10. The average Bonchev–Trinajstić information content (AvgIpc) is 3.12. The predicted molar refractivity (Wildman–Crippen MR) is 197 cm³/mol. The third-order valence-electron chi connectivity index (χ3n) is 9.52. The van der Waals surface area contributed by atoms with E-state index < -0.39 is 12.0 Å². The summed E-state index contributed by atoms with van der Waals surface area (Å²) < 4.78 is 12.5. The van der Waals surface area contributed by atoms with E-state index in [9.17, 15) is 9.90 Å². The second-order valence-corrected chi connectivity index (χ2v) is 13.3. The van der Waals surface area contributed by atoms with Gasteiger partial charge in [-0.25, -0.2) is 0 Å². The molecule has 3 N–H and O–H groups in total. The first kappa shape index (κ1) is 35.7. The van der Waals surface area contributed by atoms with Crippen LogP contribution in [0.1, 0.15) is 75.2 Å². The molecule has 266 valence electrons. The number of carbonyl (C=O) groups excluding carboxylic acids is 1. The lowest BCUT2D eigenvalue weighted by molar-refractivity contribution is -0.129.